The zero-order chi connectivity index (χ0) is 30.0. The summed E-state index contributed by atoms with van der Waals surface area (Å²) in [6.45, 7) is 6.70. The Bertz CT molecular complexity index is 2360. The topological polar surface area (TPSA) is 32.0 Å². The van der Waals surface area contributed by atoms with Crippen molar-refractivity contribution in [1.29, 1.82) is 0 Å². The first-order valence-corrected chi connectivity index (χ1v) is 15.6. The zero-order valence-corrected chi connectivity index (χ0v) is 26.3. The van der Waals surface area contributed by atoms with Crippen molar-refractivity contribution in [2.45, 2.75) is 26.2 Å². The minimum absolute atomic E-state index is 0.0143. The van der Waals surface area contributed by atoms with E-state index in [4.69, 9.17) is 9.72 Å². The number of fused-ring (bicyclic) bond motifs is 6. The molecular formula is C39H30BrN3O. The highest BCUT2D eigenvalue weighted by molar-refractivity contribution is 9.10. The van der Waals surface area contributed by atoms with Crippen molar-refractivity contribution >= 4 is 59.5 Å². The highest BCUT2D eigenvalue weighted by Crippen LogP contribution is 2.41. The normalized spacial score (nSPS) is 12.1. The van der Waals surface area contributed by atoms with E-state index < -0.39 is 0 Å². The average molecular weight is 637 g/mol. The van der Waals surface area contributed by atoms with E-state index in [2.05, 4.69) is 161 Å². The third kappa shape index (κ3) is 4.30. The van der Waals surface area contributed by atoms with Crippen LogP contribution in [-0.2, 0) is 5.41 Å². The van der Waals surface area contributed by atoms with Crippen LogP contribution in [0.4, 0.5) is 0 Å². The van der Waals surface area contributed by atoms with Gasteiger partial charge in [-0.3, -0.25) is 4.57 Å². The summed E-state index contributed by atoms with van der Waals surface area (Å²) in [6.07, 6.45) is 1.91. The molecule has 0 saturated heterocycles. The maximum Gasteiger partial charge on any atom is 0.137 e. The molecule has 3 aromatic heterocycles. The highest BCUT2D eigenvalue weighted by Gasteiger charge is 2.19. The second-order valence-electron chi connectivity index (χ2n) is 12.3. The van der Waals surface area contributed by atoms with Crippen LogP contribution in [0.1, 0.15) is 26.3 Å². The van der Waals surface area contributed by atoms with Crippen LogP contribution in [0.2, 0.25) is 0 Å². The Morgan fingerprint density at radius 3 is 2.00 bits per heavy atom. The summed E-state index contributed by atoms with van der Waals surface area (Å²) in [4.78, 5) is 4.82. The molecule has 0 amide bonds. The second kappa shape index (κ2) is 10.1. The number of halogens is 1. The van der Waals surface area contributed by atoms with E-state index in [1.54, 1.807) is 0 Å². The molecule has 0 spiro atoms. The highest BCUT2D eigenvalue weighted by atomic mass is 79.9. The van der Waals surface area contributed by atoms with Crippen molar-refractivity contribution in [3.05, 3.63) is 138 Å². The number of pyridine rings is 1. The summed E-state index contributed by atoms with van der Waals surface area (Å²) in [5.41, 5.74) is 6.83. The van der Waals surface area contributed by atoms with E-state index in [0.717, 1.165) is 54.9 Å². The van der Waals surface area contributed by atoms with Crippen LogP contribution in [0, 0.1) is 0 Å². The quantitative estimate of drug-likeness (QED) is 0.193. The molecule has 3 heterocycles. The van der Waals surface area contributed by atoms with Crippen LogP contribution in [0.25, 0.3) is 55.1 Å². The standard InChI is InChI=1S/C39H30BrN3O/c1-39(2,3)25-19-20-41-37(21-25)43-35-16-10-7-13-29(35)31-18-17-27(24-36(31)43)44-28-22-32-30-14-8-9-15-34(30)42(38(32)33(40)23-28)26-11-5-4-6-12-26/h4-24H,1-3H3. The van der Waals surface area contributed by atoms with Gasteiger partial charge in [0.15, 0.2) is 0 Å². The maximum atomic E-state index is 6.63. The summed E-state index contributed by atoms with van der Waals surface area (Å²) < 4.78 is 12.2. The van der Waals surface area contributed by atoms with Crippen molar-refractivity contribution in [2.75, 3.05) is 0 Å². The summed E-state index contributed by atoms with van der Waals surface area (Å²) in [7, 11) is 0. The van der Waals surface area contributed by atoms with E-state index in [1.165, 1.54) is 21.7 Å². The van der Waals surface area contributed by atoms with E-state index >= 15 is 0 Å². The van der Waals surface area contributed by atoms with Crippen LogP contribution in [0.3, 0.4) is 0 Å². The van der Waals surface area contributed by atoms with Crippen molar-refractivity contribution in [1.82, 2.24) is 14.1 Å². The SMILES string of the molecule is CC(C)(C)c1ccnc(-n2c3ccccc3c3ccc(Oc4cc(Br)c5c(c4)c4ccccc4n5-c4ccccc4)cc32)c1. The molecule has 8 aromatic rings. The van der Waals surface area contributed by atoms with Gasteiger partial charge in [0.2, 0.25) is 0 Å². The number of hydrogen-bond donors (Lipinski definition) is 0. The van der Waals surface area contributed by atoms with Crippen LogP contribution >= 0.6 is 15.9 Å². The first kappa shape index (κ1) is 26.7. The van der Waals surface area contributed by atoms with Gasteiger partial charge in [0.05, 0.1) is 22.1 Å². The van der Waals surface area contributed by atoms with Gasteiger partial charge in [-0.25, -0.2) is 4.98 Å². The Morgan fingerprint density at radius 2 is 1.25 bits per heavy atom. The molecule has 0 unspecified atom stereocenters. The first-order valence-electron chi connectivity index (χ1n) is 14.8. The fraction of sp³-hybridized carbons (Fsp3) is 0.103. The Kier molecular flexibility index (Phi) is 6.14. The number of hydrogen-bond acceptors (Lipinski definition) is 2. The van der Waals surface area contributed by atoms with E-state index in [-0.39, 0.29) is 5.41 Å². The van der Waals surface area contributed by atoms with Gasteiger partial charge < -0.3 is 9.30 Å². The smallest absolute Gasteiger partial charge is 0.137 e. The molecule has 0 radical (unpaired) electrons. The molecule has 0 aliphatic heterocycles. The lowest BCUT2D eigenvalue weighted by atomic mass is 9.88. The molecule has 0 fully saturated rings. The van der Waals surface area contributed by atoms with Gasteiger partial charge in [-0.1, -0.05) is 75.4 Å². The molecule has 0 aliphatic carbocycles. The van der Waals surface area contributed by atoms with Crippen molar-refractivity contribution in [3.63, 3.8) is 0 Å². The predicted octanol–water partition coefficient (Wildman–Crippen LogP) is 11.1. The molecule has 5 heteroatoms. The fourth-order valence-corrected chi connectivity index (χ4v) is 6.95. The number of rotatable bonds is 4. The van der Waals surface area contributed by atoms with Crippen LogP contribution in [-0.4, -0.2) is 14.1 Å². The Labute approximate surface area is 264 Å². The average Bonchev–Trinajstić information content (AvgIpc) is 3.54. The zero-order valence-electron chi connectivity index (χ0n) is 24.8. The van der Waals surface area contributed by atoms with Crippen molar-refractivity contribution in [2.24, 2.45) is 0 Å². The number of ether oxygens (including phenoxy) is 1. The molecule has 0 atom stereocenters. The maximum absolute atomic E-state index is 6.63. The monoisotopic (exact) mass is 635 g/mol. The van der Waals surface area contributed by atoms with Gasteiger partial charge in [0.25, 0.3) is 0 Å². The van der Waals surface area contributed by atoms with Crippen LogP contribution in [0.5, 0.6) is 11.5 Å². The number of benzene rings is 5. The minimum atomic E-state index is 0.0143. The van der Waals surface area contributed by atoms with Gasteiger partial charge in [0.1, 0.15) is 17.3 Å². The van der Waals surface area contributed by atoms with Crippen LogP contribution in [0.15, 0.2) is 132 Å². The molecule has 4 nitrogen and oxygen atoms in total. The minimum Gasteiger partial charge on any atom is -0.457 e. The Hall–Kier alpha value is -4.87. The summed E-state index contributed by atoms with van der Waals surface area (Å²) in [5, 5.41) is 4.67. The Balaban J connectivity index is 1.29. The molecule has 8 rings (SSSR count). The molecule has 44 heavy (non-hydrogen) atoms. The number of aromatic nitrogens is 3. The van der Waals surface area contributed by atoms with Gasteiger partial charge in [0, 0.05) is 44.0 Å². The number of para-hydroxylation sites is 3. The third-order valence-corrected chi connectivity index (χ3v) is 9.04. The molecule has 0 aliphatic rings. The molecule has 5 aromatic carbocycles. The van der Waals surface area contributed by atoms with Gasteiger partial charge in [-0.2, -0.15) is 0 Å². The molecular weight excluding hydrogens is 606 g/mol. The molecule has 214 valence electrons. The van der Waals surface area contributed by atoms with Crippen molar-refractivity contribution in [3.8, 4) is 23.0 Å². The predicted molar refractivity (Wildman–Crippen MR) is 186 cm³/mol. The van der Waals surface area contributed by atoms with Crippen LogP contribution < -0.4 is 4.74 Å². The van der Waals surface area contributed by atoms with Gasteiger partial charge >= 0.3 is 0 Å². The summed E-state index contributed by atoms with van der Waals surface area (Å²) in [6, 6.07) is 42.4. The third-order valence-electron chi connectivity index (χ3n) is 8.43. The van der Waals surface area contributed by atoms with Gasteiger partial charge in [-0.15, -0.1) is 0 Å². The largest absolute Gasteiger partial charge is 0.457 e. The number of nitrogens with zero attached hydrogens (tertiary/aromatic N) is 3. The second-order valence-corrected chi connectivity index (χ2v) is 13.1. The molecule has 0 bridgehead atoms. The van der Waals surface area contributed by atoms with E-state index in [9.17, 15) is 0 Å². The fourth-order valence-electron chi connectivity index (χ4n) is 6.33. The van der Waals surface area contributed by atoms with E-state index in [1.807, 2.05) is 12.3 Å². The first-order chi connectivity index (χ1) is 21.4. The molecule has 0 N–H and O–H groups in total. The van der Waals surface area contributed by atoms with E-state index in [0.29, 0.717) is 0 Å². The summed E-state index contributed by atoms with van der Waals surface area (Å²) >= 11 is 3.90. The van der Waals surface area contributed by atoms with Crippen molar-refractivity contribution < 1.29 is 4.74 Å². The summed E-state index contributed by atoms with van der Waals surface area (Å²) in [5.74, 6) is 2.44. The Morgan fingerprint density at radius 1 is 0.591 bits per heavy atom. The lowest BCUT2D eigenvalue weighted by molar-refractivity contribution is 0.484. The molecule has 0 saturated carbocycles. The lowest BCUT2D eigenvalue weighted by Gasteiger charge is -2.20. The lowest BCUT2D eigenvalue weighted by Crippen LogP contribution is -2.12. The van der Waals surface area contributed by atoms with Gasteiger partial charge in [-0.05, 0) is 87.6 Å².